The first kappa shape index (κ1) is 16.8. The number of carboxylic acid groups (broad SMARTS) is 1. The van der Waals surface area contributed by atoms with Gasteiger partial charge in [0.05, 0.1) is 5.92 Å². The Morgan fingerprint density at radius 2 is 1.84 bits per heavy atom. The lowest BCUT2D eigenvalue weighted by Crippen LogP contribution is -2.40. The van der Waals surface area contributed by atoms with Gasteiger partial charge in [0.15, 0.2) is 0 Å². The number of hydrogen-bond acceptors (Lipinski definition) is 1. The number of halogens is 1. The number of carboxylic acids is 1. The topological polar surface area (TPSA) is 37.3 Å². The molecule has 0 heterocycles. The van der Waals surface area contributed by atoms with Crippen LogP contribution in [0.4, 0.5) is 0 Å². The molecule has 1 N–H and O–H groups in total. The lowest BCUT2D eigenvalue weighted by Gasteiger charge is -2.46. The van der Waals surface area contributed by atoms with Crippen molar-refractivity contribution in [2.45, 2.75) is 77.6 Å². The summed E-state index contributed by atoms with van der Waals surface area (Å²) in [7, 11) is 0. The van der Waals surface area contributed by atoms with E-state index in [0.717, 1.165) is 18.8 Å². The molecule has 0 aromatic heterocycles. The van der Waals surface area contributed by atoms with Crippen LogP contribution in [0.2, 0.25) is 0 Å². The summed E-state index contributed by atoms with van der Waals surface area (Å²) >= 11 is 0. The molecule has 2 saturated carbocycles. The Balaban J connectivity index is 0.00000180. The van der Waals surface area contributed by atoms with E-state index in [-0.39, 0.29) is 18.3 Å². The normalized spacial score (nSPS) is 31.3. The second kappa shape index (κ2) is 7.52. The summed E-state index contributed by atoms with van der Waals surface area (Å²) in [5.74, 6) is 0.356. The van der Waals surface area contributed by atoms with E-state index < -0.39 is 5.97 Å². The second-order valence-corrected chi connectivity index (χ2v) is 6.69. The highest BCUT2D eigenvalue weighted by Gasteiger charge is 2.45. The summed E-state index contributed by atoms with van der Waals surface area (Å²) in [6.07, 6.45) is 14.2. The first-order valence-electron chi connectivity index (χ1n) is 7.88. The van der Waals surface area contributed by atoms with E-state index in [1.165, 1.54) is 57.8 Å². The fourth-order valence-electron chi connectivity index (χ4n) is 4.07. The van der Waals surface area contributed by atoms with Crippen molar-refractivity contribution in [3.63, 3.8) is 0 Å². The summed E-state index contributed by atoms with van der Waals surface area (Å²) in [5.41, 5.74) is 0.387. The molecule has 19 heavy (non-hydrogen) atoms. The third-order valence-corrected chi connectivity index (χ3v) is 5.50. The SMILES string of the molecule is CCC1(CCCC2CCCCC2)CC(C(=O)O)C1.Cl. The molecule has 2 fully saturated rings. The molecular formula is C16H29ClO2. The van der Waals surface area contributed by atoms with E-state index in [9.17, 15) is 4.79 Å². The Morgan fingerprint density at radius 1 is 1.21 bits per heavy atom. The average molecular weight is 289 g/mol. The zero-order chi connectivity index (χ0) is 13.0. The Bertz CT molecular complexity index is 278. The predicted octanol–water partition coefficient (Wildman–Crippen LogP) is 5.05. The van der Waals surface area contributed by atoms with Gasteiger partial charge < -0.3 is 5.11 Å². The van der Waals surface area contributed by atoms with Crippen molar-refractivity contribution in [2.75, 3.05) is 0 Å². The fraction of sp³-hybridized carbons (Fsp3) is 0.938. The molecule has 0 bridgehead atoms. The first-order chi connectivity index (χ1) is 8.65. The van der Waals surface area contributed by atoms with Gasteiger partial charge in [0.2, 0.25) is 0 Å². The minimum atomic E-state index is -0.577. The number of aliphatic carboxylic acids is 1. The molecule has 2 aliphatic rings. The van der Waals surface area contributed by atoms with Crippen molar-refractivity contribution in [3.8, 4) is 0 Å². The smallest absolute Gasteiger partial charge is 0.306 e. The van der Waals surface area contributed by atoms with Crippen molar-refractivity contribution < 1.29 is 9.90 Å². The molecule has 112 valence electrons. The Labute approximate surface area is 123 Å². The van der Waals surface area contributed by atoms with Crippen molar-refractivity contribution in [3.05, 3.63) is 0 Å². The van der Waals surface area contributed by atoms with E-state index in [1.807, 2.05) is 0 Å². The van der Waals surface area contributed by atoms with Crippen molar-refractivity contribution in [2.24, 2.45) is 17.3 Å². The van der Waals surface area contributed by atoms with Crippen LogP contribution in [0.1, 0.15) is 77.6 Å². The van der Waals surface area contributed by atoms with E-state index in [0.29, 0.717) is 5.41 Å². The van der Waals surface area contributed by atoms with Crippen molar-refractivity contribution in [1.82, 2.24) is 0 Å². The number of hydrogen-bond donors (Lipinski definition) is 1. The predicted molar refractivity (Wildman–Crippen MR) is 80.8 cm³/mol. The quantitative estimate of drug-likeness (QED) is 0.742. The number of rotatable bonds is 6. The molecule has 2 rings (SSSR count). The molecular weight excluding hydrogens is 260 g/mol. The average Bonchev–Trinajstić information content (AvgIpc) is 2.33. The lowest BCUT2D eigenvalue weighted by molar-refractivity contribution is -0.150. The molecule has 2 nitrogen and oxygen atoms in total. The van der Waals surface area contributed by atoms with Gasteiger partial charge in [-0.05, 0) is 30.6 Å². The molecule has 2 aliphatic carbocycles. The van der Waals surface area contributed by atoms with Crippen LogP contribution in [-0.2, 0) is 4.79 Å². The molecule has 0 atom stereocenters. The van der Waals surface area contributed by atoms with Gasteiger partial charge in [0.25, 0.3) is 0 Å². The van der Waals surface area contributed by atoms with E-state index in [1.54, 1.807) is 0 Å². The monoisotopic (exact) mass is 288 g/mol. The molecule has 0 saturated heterocycles. The molecule has 0 amide bonds. The summed E-state index contributed by atoms with van der Waals surface area (Å²) in [5, 5.41) is 8.99. The molecule has 0 radical (unpaired) electrons. The van der Waals surface area contributed by atoms with Crippen LogP contribution in [0, 0.1) is 17.3 Å². The standard InChI is InChI=1S/C16H28O2.ClH/c1-2-16(11-14(12-16)15(17)18)10-6-9-13-7-4-3-5-8-13;/h13-14H,2-12H2,1H3,(H,17,18);1H. The van der Waals surface area contributed by atoms with Crippen LogP contribution in [0.3, 0.4) is 0 Å². The molecule has 0 aliphatic heterocycles. The summed E-state index contributed by atoms with van der Waals surface area (Å²) < 4.78 is 0. The zero-order valence-corrected chi connectivity index (χ0v) is 13.0. The fourth-order valence-corrected chi connectivity index (χ4v) is 4.07. The highest BCUT2D eigenvalue weighted by atomic mass is 35.5. The third-order valence-electron chi connectivity index (χ3n) is 5.50. The highest BCUT2D eigenvalue weighted by molar-refractivity contribution is 5.85. The lowest BCUT2D eigenvalue weighted by atomic mass is 9.58. The van der Waals surface area contributed by atoms with Crippen LogP contribution >= 0.6 is 12.4 Å². The second-order valence-electron chi connectivity index (χ2n) is 6.69. The highest BCUT2D eigenvalue weighted by Crippen LogP contribution is 2.52. The molecule has 0 aromatic rings. The van der Waals surface area contributed by atoms with Crippen LogP contribution < -0.4 is 0 Å². The van der Waals surface area contributed by atoms with Crippen LogP contribution in [0.15, 0.2) is 0 Å². The van der Waals surface area contributed by atoms with Gasteiger partial charge in [-0.25, -0.2) is 0 Å². The molecule has 3 heteroatoms. The van der Waals surface area contributed by atoms with Crippen LogP contribution in [-0.4, -0.2) is 11.1 Å². The maximum Gasteiger partial charge on any atom is 0.306 e. The molecule has 0 aromatic carbocycles. The Hall–Kier alpha value is -0.240. The van der Waals surface area contributed by atoms with Crippen LogP contribution in [0.25, 0.3) is 0 Å². The Morgan fingerprint density at radius 3 is 2.37 bits per heavy atom. The van der Waals surface area contributed by atoms with Crippen LogP contribution in [0.5, 0.6) is 0 Å². The molecule has 0 spiro atoms. The maximum atomic E-state index is 10.9. The van der Waals surface area contributed by atoms with E-state index >= 15 is 0 Å². The minimum Gasteiger partial charge on any atom is -0.481 e. The van der Waals surface area contributed by atoms with Crippen molar-refractivity contribution >= 4 is 18.4 Å². The largest absolute Gasteiger partial charge is 0.481 e. The minimum absolute atomic E-state index is 0. The Kier molecular flexibility index (Phi) is 6.65. The first-order valence-corrected chi connectivity index (χ1v) is 7.88. The van der Waals surface area contributed by atoms with Gasteiger partial charge >= 0.3 is 5.97 Å². The van der Waals surface area contributed by atoms with Crippen molar-refractivity contribution in [1.29, 1.82) is 0 Å². The molecule has 0 unspecified atom stereocenters. The van der Waals surface area contributed by atoms with E-state index in [4.69, 9.17) is 5.11 Å². The zero-order valence-electron chi connectivity index (χ0n) is 12.2. The maximum absolute atomic E-state index is 10.9. The summed E-state index contributed by atoms with van der Waals surface area (Å²) in [6, 6.07) is 0. The van der Waals surface area contributed by atoms with Gasteiger partial charge in [0.1, 0.15) is 0 Å². The van der Waals surface area contributed by atoms with Gasteiger partial charge in [0, 0.05) is 0 Å². The van der Waals surface area contributed by atoms with Gasteiger partial charge in [-0.1, -0.05) is 58.3 Å². The van der Waals surface area contributed by atoms with Gasteiger partial charge in [-0.2, -0.15) is 0 Å². The third kappa shape index (κ3) is 4.37. The summed E-state index contributed by atoms with van der Waals surface area (Å²) in [4.78, 5) is 10.9. The van der Waals surface area contributed by atoms with Gasteiger partial charge in [-0.15, -0.1) is 12.4 Å². The van der Waals surface area contributed by atoms with E-state index in [2.05, 4.69) is 6.92 Å². The van der Waals surface area contributed by atoms with Gasteiger partial charge in [-0.3, -0.25) is 4.79 Å². The number of carbonyl (C=O) groups is 1. The summed E-state index contributed by atoms with van der Waals surface area (Å²) in [6.45, 7) is 2.23.